The van der Waals surface area contributed by atoms with Gasteiger partial charge in [-0.15, -0.1) is 0 Å². The number of aryl methyl sites for hydroxylation is 1. The van der Waals surface area contributed by atoms with E-state index in [1.54, 1.807) is 12.4 Å². The molecule has 6 heteroatoms. The van der Waals surface area contributed by atoms with Gasteiger partial charge in [0, 0.05) is 29.1 Å². The van der Waals surface area contributed by atoms with Gasteiger partial charge in [0.05, 0.1) is 0 Å². The van der Waals surface area contributed by atoms with E-state index in [0.717, 1.165) is 24.4 Å². The lowest BCUT2D eigenvalue weighted by atomic mass is 10.0. The van der Waals surface area contributed by atoms with Crippen LogP contribution in [0.4, 0.5) is 0 Å². The number of hydrogen-bond donors (Lipinski definition) is 1. The molecule has 2 aromatic rings. The third-order valence-corrected chi connectivity index (χ3v) is 3.45. The highest BCUT2D eigenvalue weighted by Gasteiger charge is 2.15. The zero-order chi connectivity index (χ0) is 13.8. The Morgan fingerprint density at radius 2 is 1.95 bits per heavy atom. The molecule has 0 spiro atoms. The van der Waals surface area contributed by atoms with Gasteiger partial charge in [-0.2, -0.15) is 5.10 Å². The molecule has 0 aliphatic rings. The molecular formula is C13H16Cl2N4. The number of nitrogens with zero attached hydrogens (tertiary/aromatic N) is 3. The number of aromatic nitrogens is 3. The molecule has 0 amide bonds. The van der Waals surface area contributed by atoms with Crippen molar-refractivity contribution in [3.05, 3.63) is 46.0 Å². The summed E-state index contributed by atoms with van der Waals surface area (Å²) < 4.78 is 1.89. The first-order valence-corrected chi connectivity index (χ1v) is 6.89. The van der Waals surface area contributed by atoms with Gasteiger partial charge < -0.3 is 5.32 Å². The van der Waals surface area contributed by atoms with Gasteiger partial charge in [0.2, 0.25) is 0 Å². The normalized spacial score (nSPS) is 12.6. The molecule has 0 fully saturated rings. The van der Waals surface area contributed by atoms with Gasteiger partial charge in [0.25, 0.3) is 0 Å². The van der Waals surface area contributed by atoms with Crippen molar-refractivity contribution in [3.63, 3.8) is 0 Å². The highest BCUT2D eigenvalue weighted by atomic mass is 35.5. The van der Waals surface area contributed by atoms with Crippen LogP contribution in [0.3, 0.4) is 0 Å². The molecule has 0 saturated heterocycles. The first-order chi connectivity index (χ1) is 9.13. The molecule has 1 unspecified atom stereocenters. The van der Waals surface area contributed by atoms with Gasteiger partial charge >= 0.3 is 0 Å². The summed E-state index contributed by atoms with van der Waals surface area (Å²) in [5, 5.41) is 8.72. The summed E-state index contributed by atoms with van der Waals surface area (Å²) in [5.41, 5.74) is 1.05. The number of hydrogen-bond acceptors (Lipinski definition) is 3. The highest BCUT2D eigenvalue weighted by Crippen LogP contribution is 2.25. The summed E-state index contributed by atoms with van der Waals surface area (Å²) >= 11 is 12.1. The molecule has 102 valence electrons. The monoisotopic (exact) mass is 298 g/mol. The fourth-order valence-electron chi connectivity index (χ4n) is 2.06. The van der Waals surface area contributed by atoms with Crippen molar-refractivity contribution in [1.82, 2.24) is 20.1 Å². The Hall–Kier alpha value is -1.10. The third-order valence-electron chi connectivity index (χ3n) is 3.02. The van der Waals surface area contributed by atoms with Crippen LogP contribution < -0.4 is 5.32 Å². The fraction of sp³-hybridized carbons (Fsp3) is 0.385. The second-order valence-electron chi connectivity index (χ2n) is 4.24. The third kappa shape index (κ3) is 3.47. The van der Waals surface area contributed by atoms with E-state index in [4.69, 9.17) is 23.2 Å². The Morgan fingerprint density at radius 3 is 2.53 bits per heavy atom. The van der Waals surface area contributed by atoms with Crippen molar-refractivity contribution in [2.75, 3.05) is 7.05 Å². The van der Waals surface area contributed by atoms with E-state index in [1.165, 1.54) is 0 Å². The number of halogens is 2. The van der Waals surface area contributed by atoms with Gasteiger partial charge in [-0.3, -0.25) is 4.68 Å². The summed E-state index contributed by atoms with van der Waals surface area (Å²) in [6.07, 6.45) is 2.32. The van der Waals surface area contributed by atoms with E-state index in [1.807, 2.05) is 30.8 Å². The number of nitrogens with one attached hydrogen (secondary N) is 1. The molecule has 1 aromatic carbocycles. The van der Waals surface area contributed by atoms with Crippen LogP contribution in [-0.4, -0.2) is 21.8 Å². The predicted octanol–water partition coefficient (Wildman–Crippen LogP) is 3.11. The molecule has 1 N–H and O–H groups in total. The van der Waals surface area contributed by atoms with Crippen molar-refractivity contribution < 1.29 is 0 Å². The summed E-state index contributed by atoms with van der Waals surface area (Å²) in [6, 6.07) is 5.67. The summed E-state index contributed by atoms with van der Waals surface area (Å²) in [6.45, 7) is 2.85. The van der Waals surface area contributed by atoms with Gasteiger partial charge in [0.1, 0.15) is 12.2 Å². The zero-order valence-corrected chi connectivity index (χ0v) is 12.4. The minimum atomic E-state index is 0.102. The molecule has 0 aliphatic carbocycles. The van der Waals surface area contributed by atoms with Gasteiger partial charge in [-0.1, -0.05) is 23.2 Å². The van der Waals surface area contributed by atoms with Crippen molar-refractivity contribution in [1.29, 1.82) is 0 Å². The van der Waals surface area contributed by atoms with E-state index in [0.29, 0.717) is 10.0 Å². The van der Waals surface area contributed by atoms with Crippen LogP contribution in [0, 0.1) is 0 Å². The minimum absolute atomic E-state index is 0.102. The largest absolute Gasteiger partial charge is 0.313 e. The Morgan fingerprint density at radius 1 is 1.26 bits per heavy atom. The fourth-order valence-corrected chi connectivity index (χ4v) is 2.60. The zero-order valence-electron chi connectivity index (χ0n) is 10.9. The van der Waals surface area contributed by atoms with E-state index in [-0.39, 0.29) is 6.04 Å². The molecule has 2 rings (SSSR count). The van der Waals surface area contributed by atoms with Crippen molar-refractivity contribution >= 4 is 23.2 Å². The van der Waals surface area contributed by atoms with Crippen LogP contribution in [0.5, 0.6) is 0 Å². The van der Waals surface area contributed by atoms with Crippen LogP contribution >= 0.6 is 23.2 Å². The summed E-state index contributed by atoms with van der Waals surface area (Å²) in [4.78, 5) is 4.29. The quantitative estimate of drug-likeness (QED) is 0.922. The second kappa shape index (κ2) is 6.37. The number of benzene rings is 1. The average molecular weight is 299 g/mol. The lowest BCUT2D eigenvalue weighted by molar-refractivity contribution is 0.533. The Bertz CT molecular complexity index is 533. The van der Waals surface area contributed by atoms with Gasteiger partial charge in [-0.25, -0.2) is 4.98 Å². The van der Waals surface area contributed by atoms with Crippen molar-refractivity contribution in [3.8, 4) is 0 Å². The van der Waals surface area contributed by atoms with Crippen LogP contribution in [-0.2, 0) is 13.0 Å². The molecule has 0 aliphatic heterocycles. The number of rotatable bonds is 5. The molecule has 0 radical (unpaired) electrons. The van der Waals surface area contributed by atoms with E-state index >= 15 is 0 Å². The topological polar surface area (TPSA) is 42.7 Å². The molecular weight excluding hydrogens is 283 g/mol. The highest BCUT2D eigenvalue weighted by molar-refractivity contribution is 6.34. The Balaban J connectivity index is 2.25. The minimum Gasteiger partial charge on any atom is -0.313 e. The van der Waals surface area contributed by atoms with Gasteiger partial charge in [0.15, 0.2) is 0 Å². The molecule has 0 bridgehead atoms. The summed E-state index contributed by atoms with van der Waals surface area (Å²) in [7, 11) is 1.91. The van der Waals surface area contributed by atoms with Crippen LogP contribution in [0.1, 0.15) is 24.4 Å². The predicted molar refractivity (Wildman–Crippen MR) is 77.7 cm³/mol. The van der Waals surface area contributed by atoms with E-state index in [2.05, 4.69) is 15.4 Å². The molecule has 19 heavy (non-hydrogen) atoms. The van der Waals surface area contributed by atoms with Crippen LogP contribution in [0.2, 0.25) is 10.0 Å². The van der Waals surface area contributed by atoms with Crippen molar-refractivity contribution in [2.24, 2.45) is 0 Å². The van der Waals surface area contributed by atoms with Gasteiger partial charge in [-0.05, 0) is 37.7 Å². The van der Waals surface area contributed by atoms with E-state index < -0.39 is 0 Å². The average Bonchev–Trinajstić information content (AvgIpc) is 2.81. The van der Waals surface area contributed by atoms with E-state index in [9.17, 15) is 0 Å². The SMILES string of the molecule is CCn1ncnc1CC(NC)c1cc(Cl)cc(Cl)c1. The lowest BCUT2D eigenvalue weighted by Crippen LogP contribution is -2.21. The molecule has 1 atom stereocenters. The maximum atomic E-state index is 6.05. The second-order valence-corrected chi connectivity index (χ2v) is 5.11. The van der Waals surface area contributed by atoms with Crippen LogP contribution in [0.15, 0.2) is 24.5 Å². The first kappa shape index (κ1) is 14.3. The molecule has 4 nitrogen and oxygen atoms in total. The molecule has 1 heterocycles. The van der Waals surface area contributed by atoms with Crippen molar-refractivity contribution in [2.45, 2.75) is 25.9 Å². The smallest absolute Gasteiger partial charge is 0.138 e. The maximum Gasteiger partial charge on any atom is 0.138 e. The molecule has 0 saturated carbocycles. The Kier molecular flexibility index (Phi) is 4.80. The first-order valence-electron chi connectivity index (χ1n) is 6.14. The van der Waals surface area contributed by atoms with Crippen LogP contribution in [0.25, 0.3) is 0 Å². The Labute approximate surface area is 122 Å². The molecule has 1 aromatic heterocycles. The standard InChI is InChI=1S/C13H16Cl2N4/c1-3-19-13(17-8-18-19)7-12(16-2)9-4-10(14)6-11(15)5-9/h4-6,8,12,16H,3,7H2,1-2H3. The lowest BCUT2D eigenvalue weighted by Gasteiger charge is -2.17. The summed E-state index contributed by atoms with van der Waals surface area (Å²) in [5.74, 6) is 0.943. The maximum absolute atomic E-state index is 6.05. The number of likely N-dealkylation sites (N-methyl/N-ethyl adjacent to an activating group) is 1.